The molecule has 4 rings (SSSR count). The van der Waals surface area contributed by atoms with Crippen molar-refractivity contribution in [2.45, 2.75) is 6.42 Å². The molecule has 2 heterocycles. The van der Waals surface area contributed by atoms with Gasteiger partial charge in [0.05, 0.1) is 24.8 Å². The summed E-state index contributed by atoms with van der Waals surface area (Å²) < 4.78 is 12.6. The van der Waals surface area contributed by atoms with Crippen LogP contribution in [0.2, 0.25) is 0 Å². The number of nitro groups is 1. The topological polar surface area (TPSA) is 91.5 Å². The van der Waals surface area contributed by atoms with Crippen LogP contribution in [0.25, 0.3) is 16.9 Å². The normalized spacial score (nSPS) is 12.4. The van der Waals surface area contributed by atoms with Crippen LogP contribution in [0.15, 0.2) is 42.5 Å². The van der Waals surface area contributed by atoms with E-state index in [1.54, 1.807) is 31.0 Å². The van der Waals surface area contributed by atoms with Crippen LogP contribution in [-0.4, -0.2) is 35.5 Å². The summed E-state index contributed by atoms with van der Waals surface area (Å²) in [6, 6.07) is 12.0. The van der Waals surface area contributed by atoms with Crippen molar-refractivity contribution in [3.63, 3.8) is 0 Å². The number of nitro benzene ring substituents is 1. The van der Waals surface area contributed by atoms with Crippen molar-refractivity contribution in [3.05, 3.63) is 58.1 Å². The standard InChI is InChI=1S/C19H18N4O4/c1-26-14-7-8-15(17(11-14)27-2)18-16-9-10-20-19(16)22(21-18)12-3-5-13(6-4-12)23(24)25/h3-8,11,20H,9-10H2,1-2H3. The number of hydrogen-bond donors (Lipinski definition) is 1. The number of nitrogens with one attached hydrogen (secondary N) is 1. The van der Waals surface area contributed by atoms with E-state index in [1.807, 2.05) is 18.2 Å². The Morgan fingerprint density at radius 1 is 1.15 bits per heavy atom. The number of methoxy groups -OCH3 is 2. The Hall–Kier alpha value is -3.55. The quantitative estimate of drug-likeness (QED) is 0.549. The molecule has 0 bridgehead atoms. The molecule has 1 aromatic heterocycles. The number of rotatable bonds is 5. The van der Waals surface area contributed by atoms with Crippen LogP contribution < -0.4 is 14.8 Å². The molecule has 1 N–H and O–H groups in total. The number of fused-ring (bicyclic) bond motifs is 1. The van der Waals surface area contributed by atoms with Crippen molar-refractivity contribution in [3.8, 4) is 28.4 Å². The van der Waals surface area contributed by atoms with E-state index in [2.05, 4.69) is 5.32 Å². The molecular weight excluding hydrogens is 348 g/mol. The van der Waals surface area contributed by atoms with E-state index >= 15 is 0 Å². The highest BCUT2D eigenvalue weighted by atomic mass is 16.6. The van der Waals surface area contributed by atoms with Crippen LogP contribution in [0.3, 0.4) is 0 Å². The first-order chi connectivity index (χ1) is 13.1. The Morgan fingerprint density at radius 2 is 1.93 bits per heavy atom. The van der Waals surface area contributed by atoms with E-state index in [9.17, 15) is 10.1 Å². The third-order valence-corrected chi connectivity index (χ3v) is 4.62. The summed E-state index contributed by atoms with van der Waals surface area (Å²) in [6.45, 7) is 0.811. The lowest BCUT2D eigenvalue weighted by Gasteiger charge is -2.09. The van der Waals surface area contributed by atoms with Gasteiger partial charge in [-0.25, -0.2) is 4.68 Å². The van der Waals surface area contributed by atoms with E-state index in [-0.39, 0.29) is 5.69 Å². The van der Waals surface area contributed by atoms with Crippen LogP contribution in [0.5, 0.6) is 11.5 Å². The van der Waals surface area contributed by atoms with E-state index in [0.717, 1.165) is 41.3 Å². The third-order valence-electron chi connectivity index (χ3n) is 4.62. The minimum absolute atomic E-state index is 0.0487. The SMILES string of the molecule is COc1ccc(-c2nn(-c3ccc([N+](=O)[O-])cc3)c3c2CCN3)c(OC)c1. The highest BCUT2D eigenvalue weighted by Crippen LogP contribution is 2.39. The molecule has 0 radical (unpaired) electrons. The predicted molar refractivity (Wildman–Crippen MR) is 101 cm³/mol. The van der Waals surface area contributed by atoms with Crippen molar-refractivity contribution in [1.82, 2.24) is 9.78 Å². The number of hydrogen-bond acceptors (Lipinski definition) is 6. The van der Waals surface area contributed by atoms with Gasteiger partial charge in [-0.3, -0.25) is 10.1 Å². The molecule has 0 saturated carbocycles. The van der Waals surface area contributed by atoms with Crippen molar-refractivity contribution < 1.29 is 14.4 Å². The summed E-state index contributed by atoms with van der Waals surface area (Å²) >= 11 is 0. The summed E-state index contributed by atoms with van der Waals surface area (Å²) in [4.78, 5) is 10.5. The third kappa shape index (κ3) is 2.84. The highest BCUT2D eigenvalue weighted by Gasteiger charge is 2.26. The molecule has 0 saturated heterocycles. The highest BCUT2D eigenvalue weighted by molar-refractivity contribution is 5.77. The summed E-state index contributed by atoms with van der Waals surface area (Å²) in [7, 11) is 3.23. The van der Waals surface area contributed by atoms with E-state index in [1.165, 1.54) is 12.1 Å². The van der Waals surface area contributed by atoms with Gasteiger partial charge in [0.1, 0.15) is 23.0 Å². The predicted octanol–water partition coefficient (Wildman–Crippen LogP) is 3.43. The van der Waals surface area contributed by atoms with Crippen LogP contribution >= 0.6 is 0 Å². The minimum atomic E-state index is -0.413. The molecule has 0 spiro atoms. The van der Waals surface area contributed by atoms with Crippen molar-refractivity contribution in [1.29, 1.82) is 0 Å². The maximum Gasteiger partial charge on any atom is 0.269 e. The molecule has 0 amide bonds. The second kappa shape index (κ2) is 6.64. The van der Waals surface area contributed by atoms with Gasteiger partial charge >= 0.3 is 0 Å². The van der Waals surface area contributed by atoms with E-state index in [0.29, 0.717) is 11.5 Å². The first-order valence-corrected chi connectivity index (χ1v) is 8.45. The Morgan fingerprint density at radius 3 is 2.59 bits per heavy atom. The van der Waals surface area contributed by atoms with E-state index in [4.69, 9.17) is 14.6 Å². The van der Waals surface area contributed by atoms with E-state index < -0.39 is 4.92 Å². The molecule has 0 atom stereocenters. The molecule has 0 fully saturated rings. The average Bonchev–Trinajstić information content (AvgIpc) is 3.30. The molecule has 138 valence electrons. The lowest BCUT2D eigenvalue weighted by molar-refractivity contribution is -0.384. The fourth-order valence-corrected chi connectivity index (χ4v) is 3.29. The lowest BCUT2D eigenvalue weighted by atomic mass is 10.1. The monoisotopic (exact) mass is 366 g/mol. The largest absolute Gasteiger partial charge is 0.497 e. The Bertz CT molecular complexity index is 1010. The second-order valence-corrected chi connectivity index (χ2v) is 6.10. The molecule has 1 aliphatic heterocycles. The fourth-order valence-electron chi connectivity index (χ4n) is 3.29. The van der Waals surface area contributed by atoms with Gasteiger partial charge in [0.25, 0.3) is 5.69 Å². The maximum atomic E-state index is 10.9. The summed E-state index contributed by atoms with van der Waals surface area (Å²) in [5.74, 6) is 2.29. The average molecular weight is 366 g/mol. The zero-order chi connectivity index (χ0) is 19.0. The van der Waals surface area contributed by atoms with Gasteiger partial charge in [-0.05, 0) is 30.7 Å². The molecular formula is C19H18N4O4. The molecule has 0 aliphatic carbocycles. The number of non-ortho nitro benzene ring substituents is 1. The first kappa shape index (κ1) is 16.9. The van der Waals surface area contributed by atoms with Gasteiger partial charge in [-0.2, -0.15) is 5.10 Å². The Kier molecular flexibility index (Phi) is 4.15. The lowest BCUT2D eigenvalue weighted by Crippen LogP contribution is -2.04. The van der Waals surface area contributed by atoms with Gasteiger partial charge < -0.3 is 14.8 Å². The summed E-state index contributed by atoms with van der Waals surface area (Å²) in [5, 5.41) is 19.0. The zero-order valence-electron chi connectivity index (χ0n) is 14.9. The number of ether oxygens (including phenoxy) is 2. The number of anilines is 1. The molecule has 3 aromatic rings. The van der Waals surface area contributed by atoms with Gasteiger partial charge in [-0.15, -0.1) is 0 Å². The van der Waals surface area contributed by atoms with Crippen molar-refractivity contribution in [2.24, 2.45) is 0 Å². The van der Waals surface area contributed by atoms with Crippen molar-refractivity contribution in [2.75, 3.05) is 26.1 Å². The number of aromatic nitrogens is 2. The fraction of sp³-hybridized carbons (Fsp3) is 0.211. The summed E-state index contributed by atoms with van der Waals surface area (Å²) in [5.41, 5.74) is 3.60. The number of benzene rings is 2. The molecule has 27 heavy (non-hydrogen) atoms. The molecule has 1 aliphatic rings. The Balaban J connectivity index is 1.83. The van der Waals surface area contributed by atoms with Crippen LogP contribution in [0, 0.1) is 10.1 Å². The van der Waals surface area contributed by atoms with Gasteiger partial charge in [0.15, 0.2) is 0 Å². The Labute approximate surface area is 155 Å². The van der Waals surface area contributed by atoms with Gasteiger partial charge in [0.2, 0.25) is 0 Å². The number of nitrogens with zero attached hydrogens (tertiary/aromatic N) is 3. The molecule has 8 heteroatoms. The second-order valence-electron chi connectivity index (χ2n) is 6.10. The molecule has 0 unspecified atom stereocenters. The van der Waals surface area contributed by atoms with Gasteiger partial charge in [0, 0.05) is 35.9 Å². The van der Waals surface area contributed by atoms with Crippen molar-refractivity contribution >= 4 is 11.5 Å². The van der Waals surface area contributed by atoms with Gasteiger partial charge in [-0.1, -0.05) is 0 Å². The zero-order valence-corrected chi connectivity index (χ0v) is 14.9. The minimum Gasteiger partial charge on any atom is -0.497 e. The molecule has 8 nitrogen and oxygen atoms in total. The van der Waals surface area contributed by atoms with Crippen LogP contribution in [0.1, 0.15) is 5.56 Å². The smallest absolute Gasteiger partial charge is 0.269 e. The van der Waals surface area contributed by atoms with Crippen LogP contribution in [0.4, 0.5) is 11.5 Å². The van der Waals surface area contributed by atoms with Crippen LogP contribution in [-0.2, 0) is 6.42 Å². The first-order valence-electron chi connectivity index (χ1n) is 8.45. The maximum absolute atomic E-state index is 10.9. The molecule has 2 aromatic carbocycles. The summed E-state index contributed by atoms with van der Waals surface area (Å²) in [6.07, 6.45) is 0.840.